The molecule has 1 aromatic heterocycles. The van der Waals surface area contributed by atoms with E-state index in [2.05, 4.69) is 20.9 Å². The molecule has 3 nitrogen and oxygen atoms in total. The van der Waals surface area contributed by atoms with Crippen LogP contribution in [0.1, 0.15) is 13.8 Å². The van der Waals surface area contributed by atoms with Crippen molar-refractivity contribution in [2.45, 2.75) is 13.8 Å². The van der Waals surface area contributed by atoms with Crippen LogP contribution in [0, 0.1) is 0 Å². The van der Waals surface area contributed by atoms with E-state index in [1.165, 1.54) is 0 Å². The summed E-state index contributed by atoms with van der Waals surface area (Å²) >= 11 is 4.96. The number of nitrogens with zero attached hydrogens (tertiary/aromatic N) is 1. The van der Waals surface area contributed by atoms with Gasteiger partial charge in [0.2, 0.25) is 0 Å². The Morgan fingerprint density at radius 2 is 1.89 bits per heavy atom. The van der Waals surface area contributed by atoms with Crippen molar-refractivity contribution in [3.05, 3.63) is 28.2 Å². The van der Waals surface area contributed by atoms with E-state index in [0.717, 1.165) is 26.7 Å². The van der Waals surface area contributed by atoms with E-state index in [4.69, 9.17) is 9.47 Å². The van der Waals surface area contributed by atoms with Gasteiger partial charge < -0.3 is 9.47 Å². The molecule has 5 heteroatoms. The number of ether oxygens (including phenoxy) is 2. The van der Waals surface area contributed by atoms with Crippen LogP contribution in [-0.2, 0) is 0 Å². The smallest absolute Gasteiger partial charge is 0.161 e. The molecule has 0 amide bonds. The molecule has 0 spiro atoms. The highest BCUT2D eigenvalue weighted by Gasteiger charge is 2.09. The van der Waals surface area contributed by atoms with E-state index in [-0.39, 0.29) is 0 Å². The molecule has 0 aliphatic heterocycles. The number of hydrogen-bond acceptors (Lipinski definition) is 4. The van der Waals surface area contributed by atoms with Crippen molar-refractivity contribution in [3.8, 4) is 22.1 Å². The lowest BCUT2D eigenvalue weighted by molar-refractivity contribution is 0.288. The molecule has 0 unspecified atom stereocenters. The number of thiazole rings is 1. The average molecular weight is 328 g/mol. The minimum atomic E-state index is 0.616. The van der Waals surface area contributed by atoms with Gasteiger partial charge in [-0.15, -0.1) is 11.3 Å². The summed E-state index contributed by atoms with van der Waals surface area (Å²) < 4.78 is 12.0. The maximum Gasteiger partial charge on any atom is 0.161 e. The molecule has 96 valence electrons. The third-order valence-corrected chi connectivity index (χ3v) is 3.87. The molecule has 0 N–H and O–H groups in total. The summed E-state index contributed by atoms with van der Waals surface area (Å²) in [7, 11) is 0. The van der Waals surface area contributed by atoms with Crippen molar-refractivity contribution in [2.75, 3.05) is 13.2 Å². The van der Waals surface area contributed by atoms with Crippen LogP contribution in [0.5, 0.6) is 11.5 Å². The Hall–Kier alpha value is -1.07. The van der Waals surface area contributed by atoms with Crippen molar-refractivity contribution in [1.29, 1.82) is 0 Å². The first-order chi connectivity index (χ1) is 8.74. The van der Waals surface area contributed by atoms with Crippen LogP contribution in [0.4, 0.5) is 0 Å². The quantitative estimate of drug-likeness (QED) is 0.817. The molecule has 1 aromatic carbocycles. The predicted molar refractivity (Wildman–Crippen MR) is 77.6 cm³/mol. The minimum absolute atomic E-state index is 0.616. The Bertz CT molecular complexity index is 527. The van der Waals surface area contributed by atoms with Crippen molar-refractivity contribution >= 4 is 27.3 Å². The van der Waals surface area contributed by atoms with E-state index in [9.17, 15) is 0 Å². The average Bonchev–Trinajstić information content (AvgIpc) is 2.79. The molecule has 0 saturated heterocycles. The Kier molecular flexibility index (Phi) is 4.60. The predicted octanol–water partition coefficient (Wildman–Crippen LogP) is 4.37. The highest BCUT2D eigenvalue weighted by molar-refractivity contribution is 9.10. The van der Waals surface area contributed by atoms with Crippen LogP contribution in [0.25, 0.3) is 10.6 Å². The summed E-state index contributed by atoms with van der Waals surface area (Å²) in [5.41, 5.74) is 1.04. The molecule has 18 heavy (non-hydrogen) atoms. The van der Waals surface area contributed by atoms with Crippen LogP contribution in [-0.4, -0.2) is 18.2 Å². The molecule has 0 aliphatic rings. The van der Waals surface area contributed by atoms with Crippen LogP contribution < -0.4 is 9.47 Å². The Morgan fingerprint density at radius 1 is 1.17 bits per heavy atom. The lowest BCUT2D eigenvalue weighted by Crippen LogP contribution is -1.98. The second kappa shape index (κ2) is 6.20. The van der Waals surface area contributed by atoms with Crippen molar-refractivity contribution < 1.29 is 9.47 Å². The van der Waals surface area contributed by atoms with Gasteiger partial charge in [-0.05, 0) is 48.0 Å². The molecule has 0 bridgehead atoms. The van der Waals surface area contributed by atoms with Gasteiger partial charge in [-0.1, -0.05) is 0 Å². The van der Waals surface area contributed by atoms with Gasteiger partial charge in [0, 0.05) is 10.9 Å². The van der Waals surface area contributed by atoms with Gasteiger partial charge in [0.25, 0.3) is 0 Å². The van der Waals surface area contributed by atoms with Gasteiger partial charge >= 0.3 is 0 Å². The van der Waals surface area contributed by atoms with Gasteiger partial charge in [-0.3, -0.25) is 0 Å². The fourth-order valence-corrected chi connectivity index (χ4v) is 2.82. The normalized spacial score (nSPS) is 10.4. The van der Waals surface area contributed by atoms with Crippen LogP contribution in [0.3, 0.4) is 0 Å². The van der Waals surface area contributed by atoms with E-state index >= 15 is 0 Å². The number of benzene rings is 1. The molecule has 0 atom stereocenters. The first-order valence-electron chi connectivity index (χ1n) is 5.75. The number of halogens is 1. The summed E-state index contributed by atoms with van der Waals surface area (Å²) in [6.45, 7) is 5.16. The molecule has 0 radical (unpaired) electrons. The van der Waals surface area contributed by atoms with Gasteiger partial charge in [-0.25, -0.2) is 4.98 Å². The van der Waals surface area contributed by atoms with Crippen LogP contribution >= 0.6 is 27.3 Å². The Labute approximate surface area is 119 Å². The molecule has 0 saturated carbocycles. The summed E-state index contributed by atoms with van der Waals surface area (Å²) in [6.07, 6.45) is 0. The molecule has 0 aliphatic carbocycles. The fraction of sp³-hybridized carbons (Fsp3) is 0.308. The largest absolute Gasteiger partial charge is 0.490 e. The van der Waals surface area contributed by atoms with E-state index < -0.39 is 0 Å². The van der Waals surface area contributed by atoms with Crippen LogP contribution in [0.2, 0.25) is 0 Å². The molecular weight excluding hydrogens is 314 g/mol. The Morgan fingerprint density at radius 3 is 2.50 bits per heavy atom. The zero-order valence-corrected chi connectivity index (χ0v) is 12.7. The fourth-order valence-electron chi connectivity index (χ4n) is 1.57. The molecule has 1 heterocycles. The third-order valence-electron chi connectivity index (χ3n) is 2.27. The molecule has 2 aromatic rings. The van der Waals surface area contributed by atoms with Gasteiger partial charge in [-0.2, -0.15) is 0 Å². The SMILES string of the molecule is CCOc1ccc(-c2nc(Br)cs2)cc1OCC. The monoisotopic (exact) mass is 327 g/mol. The summed E-state index contributed by atoms with van der Waals surface area (Å²) in [5, 5.41) is 2.93. The lowest BCUT2D eigenvalue weighted by Gasteiger charge is -2.11. The van der Waals surface area contributed by atoms with Crippen LogP contribution in [0.15, 0.2) is 28.2 Å². The van der Waals surface area contributed by atoms with E-state index in [1.807, 2.05) is 37.4 Å². The second-order valence-electron chi connectivity index (χ2n) is 3.50. The lowest BCUT2D eigenvalue weighted by atomic mass is 10.2. The first-order valence-corrected chi connectivity index (χ1v) is 7.43. The highest BCUT2D eigenvalue weighted by Crippen LogP contribution is 2.34. The maximum atomic E-state index is 5.60. The first kappa shape index (κ1) is 13.4. The van der Waals surface area contributed by atoms with E-state index in [1.54, 1.807) is 11.3 Å². The highest BCUT2D eigenvalue weighted by atomic mass is 79.9. The number of aromatic nitrogens is 1. The minimum Gasteiger partial charge on any atom is -0.490 e. The maximum absolute atomic E-state index is 5.60. The van der Waals surface area contributed by atoms with Gasteiger partial charge in [0.05, 0.1) is 13.2 Å². The number of rotatable bonds is 5. The zero-order chi connectivity index (χ0) is 13.0. The molecule has 2 rings (SSSR count). The van der Waals surface area contributed by atoms with Gasteiger partial charge in [0.1, 0.15) is 9.61 Å². The van der Waals surface area contributed by atoms with Crippen molar-refractivity contribution in [2.24, 2.45) is 0 Å². The molecular formula is C13H14BrNO2S. The standard InChI is InChI=1S/C13H14BrNO2S/c1-3-16-10-6-5-9(7-11(10)17-4-2)13-15-12(14)8-18-13/h5-8H,3-4H2,1-2H3. The van der Waals surface area contributed by atoms with Crippen molar-refractivity contribution in [1.82, 2.24) is 4.98 Å². The summed E-state index contributed by atoms with van der Waals surface area (Å²) in [5.74, 6) is 1.54. The Balaban J connectivity index is 2.35. The summed E-state index contributed by atoms with van der Waals surface area (Å²) in [4.78, 5) is 4.40. The third kappa shape index (κ3) is 3.03. The zero-order valence-electron chi connectivity index (χ0n) is 10.3. The van der Waals surface area contributed by atoms with Crippen molar-refractivity contribution in [3.63, 3.8) is 0 Å². The van der Waals surface area contributed by atoms with Gasteiger partial charge in [0.15, 0.2) is 11.5 Å². The summed E-state index contributed by atoms with van der Waals surface area (Å²) in [6, 6.07) is 5.90. The van der Waals surface area contributed by atoms with E-state index in [0.29, 0.717) is 13.2 Å². The topological polar surface area (TPSA) is 31.4 Å². The molecule has 0 fully saturated rings. The number of hydrogen-bond donors (Lipinski definition) is 0. The second-order valence-corrected chi connectivity index (χ2v) is 5.17.